The van der Waals surface area contributed by atoms with Gasteiger partial charge in [-0.15, -0.1) is 23.2 Å². The molecule has 2 aromatic heterocycles. The summed E-state index contributed by atoms with van der Waals surface area (Å²) in [5.41, 5.74) is 2.82. The van der Waals surface area contributed by atoms with E-state index in [1.807, 2.05) is 25.1 Å². The lowest BCUT2D eigenvalue weighted by atomic mass is 10.1. The fraction of sp³-hybridized carbons (Fsp3) is 0.286. The largest absolute Gasteiger partial charge is 0.334 e. The standard InChI is InChI=1S/C14H11Cl2N5O/c1-8-4-9(2-3-11(8)21-7-17-6-18-21)13-19-12(20-22-13)10-5-14(10,15)16/h2-4,6-7,10H,5H2,1H3. The Hall–Kier alpha value is -1.92. The Bertz CT molecular complexity index is 828. The fourth-order valence-electron chi connectivity index (χ4n) is 2.37. The van der Waals surface area contributed by atoms with Crippen molar-refractivity contribution < 1.29 is 4.52 Å². The summed E-state index contributed by atoms with van der Waals surface area (Å²) in [7, 11) is 0. The Morgan fingerprint density at radius 1 is 1.36 bits per heavy atom. The number of benzene rings is 1. The molecule has 1 aliphatic carbocycles. The van der Waals surface area contributed by atoms with Crippen LogP contribution in [0.3, 0.4) is 0 Å². The second-order valence-electron chi connectivity index (χ2n) is 5.32. The van der Waals surface area contributed by atoms with Gasteiger partial charge >= 0.3 is 0 Å². The molecule has 0 amide bonds. The lowest BCUT2D eigenvalue weighted by Crippen LogP contribution is -1.97. The number of alkyl halides is 2. The topological polar surface area (TPSA) is 69.6 Å². The van der Waals surface area contributed by atoms with Crippen molar-refractivity contribution in [3.8, 4) is 17.1 Å². The van der Waals surface area contributed by atoms with Crippen molar-refractivity contribution in [2.75, 3.05) is 0 Å². The predicted molar refractivity (Wildman–Crippen MR) is 81.2 cm³/mol. The van der Waals surface area contributed by atoms with Gasteiger partial charge in [-0.05, 0) is 37.1 Å². The van der Waals surface area contributed by atoms with Gasteiger partial charge in [0.2, 0.25) is 0 Å². The fourth-order valence-corrected chi connectivity index (χ4v) is 2.87. The molecule has 1 atom stereocenters. The Labute approximate surface area is 136 Å². The highest BCUT2D eigenvalue weighted by atomic mass is 35.5. The highest BCUT2D eigenvalue weighted by molar-refractivity contribution is 6.51. The minimum absolute atomic E-state index is 0.0520. The Morgan fingerprint density at radius 2 is 2.18 bits per heavy atom. The average molecular weight is 336 g/mol. The van der Waals surface area contributed by atoms with Crippen LogP contribution >= 0.6 is 23.2 Å². The maximum atomic E-state index is 6.03. The normalized spacial score (nSPS) is 19.3. The Kier molecular flexibility index (Phi) is 2.99. The van der Waals surface area contributed by atoms with E-state index in [9.17, 15) is 0 Å². The van der Waals surface area contributed by atoms with Crippen molar-refractivity contribution in [2.24, 2.45) is 0 Å². The van der Waals surface area contributed by atoms with Crippen molar-refractivity contribution in [1.82, 2.24) is 24.9 Å². The number of rotatable bonds is 3. The number of aryl methyl sites for hydroxylation is 1. The molecule has 6 nitrogen and oxygen atoms in total. The van der Waals surface area contributed by atoms with Crippen molar-refractivity contribution >= 4 is 23.2 Å². The van der Waals surface area contributed by atoms with Crippen molar-refractivity contribution in [3.05, 3.63) is 42.2 Å². The number of aromatic nitrogens is 5. The molecule has 8 heteroatoms. The van der Waals surface area contributed by atoms with E-state index in [2.05, 4.69) is 20.2 Å². The molecule has 0 radical (unpaired) electrons. The summed E-state index contributed by atoms with van der Waals surface area (Å²) >= 11 is 12.1. The first-order valence-electron chi connectivity index (χ1n) is 6.72. The quantitative estimate of drug-likeness (QED) is 0.687. The van der Waals surface area contributed by atoms with Crippen LogP contribution < -0.4 is 0 Å². The van der Waals surface area contributed by atoms with Crippen molar-refractivity contribution in [2.45, 2.75) is 23.6 Å². The van der Waals surface area contributed by atoms with Crippen LogP contribution in [0.25, 0.3) is 17.1 Å². The molecule has 1 fully saturated rings. The second-order valence-corrected chi connectivity index (χ2v) is 6.86. The molecule has 1 saturated carbocycles. The molecule has 0 aliphatic heterocycles. The molecular formula is C14H11Cl2N5O. The van der Waals surface area contributed by atoms with Gasteiger partial charge in [-0.1, -0.05) is 5.16 Å². The van der Waals surface area contributed by atoms with Crippen molar-refractivity contribution in [1.29, 1.82) is 0 Å². The van der Waals surface area contributed by atoms with Crippen LogP contribution in [0, 0.1) is 6.92 Å². The van der Waals surface area contributed by atoms with Gasteiger partial charge in [0.1, 0.15) is 17.0 Å². The minimum Gasteiger partial charge on any atom is -0.334 e. The number of hydrogen-bond donors (Lipinski definition) is 0. The lowest BCUT2D eigenvalue weighted by molar-refractivity contribution is 0.422. The van der Waals surface area contributed by atoms with Crippen molar-refractivity contribution in [3.63, 3.8) is 0 Å². The van der Waals surface area contributed by atoms with Crippen LogP contribution in [-0.4, -0.2) is 29.2 Å². The van der Waals surface area contributed by atoms with Crippen LogP contribution in [-0.2, 0) is 0 Å². The van der Waals surface area contributed by atoms with Gasteiger partial charge < -0.3 is 4.52 Å². The van der Waals surface area contributed by atoms with E-state index in [0.29, 0.717) is 18.1 Å². The summed E-state index contributed by atoms with van der Waals surface area (Å²) in [6.07, 6.45) is 3.80. The summed E-state index contributed by atoms with van der Waals surface area (Å²) in [6, 6.07) is 5.81. The molecule has 1 aliphatic rings. The van der Waals surface area contributed by atoms with E-state index in [0.717, 1.165) is 16.8 Å². The Morgan fingerprint density at radius 3 is 2.82 bits per heavy atom. The first kappa shape index (κ1) is 13.7. The van der Waals surface area contributed by atoms with Crippen LogP contribution in [0.1, 0.15) is 23.7 Å². The number of nitrogens with zero attached hydrogens (tertiary/aromatic N) is 5. The summed E-state index contributed by atoms with van der Waals surface area (Å²) < 4.78 is 6.27. The Balaban J connectivity index is 1.65. The average Bonchev–Trinajstić information content (AvgIpc) is 2.98. The van der Waals surface area contributed by atoms with E-state index in [1.54, 1.807) is 11.0 Å². The second kappa shape index (κ2) is 4.79. The SMILES string of the molecule is Cc1cc(-c2nc(C3CC3(Cl)Cl)no2)ccc1-n1cncn1. The van der Waals surface area contributed by atoms with Gasteiger partial charge in [-0.25, -0.2) is 9.67 Å². The molecule has 1 aromatic carbocycles. The van der Waals surface area contributed by atoms with Gasteiger partial charge in [-0.3, -0.25) is 0 Å². The third-order valence-corrected chi connectivity index (χ3v) is 4.52. The highest BCUT2D eigenvalue weighted by Gasteiger charge is 2.55. The third-order valence-electron chi connectivity index (χ3n) is 3.69. The predicted octanol–water partition coefficient (Wildman–Crippen LogP) is 3.29. The summed E-state index contributed by atoms with van der Waals surface area (Å²) in [6.45, 7) is 1.99. The maximum Gasteiger partial charge on any atom is 0.257 e. The van der Waals surface area contributed by atoms with Gasteiger partial charge in [-0.2, -0.15) is 10.1 Å². The third kappa shape index (κ3) is 2.28. The highest BCUT2D eigenvalue weighted by Crippen LogP contribution is 2.58. The van der Waals surface area contributed by atoms with Crippen LogP contribution in [0.4, 0.5) is 0 Å². The molecule has 1 unspecified atom stereocenters. The van der Waals surface area contributed by atoms with Crippen LogP contribution in [0.5, 0.6) is 0 Å². The zero-order chi connectivity index (χ0) is 15.3. The van der Waals surface area contributed by atoms with Crippen LogP contribution in [0.15, 0.2) is 35.4 Å². The summed E-state index contributed by atoms with van der Waals surface area (Å²) in [5, 5.41) is 8.10. The van der Waals surface area contributed by atoms with E-state index >= 15 is 0 Å². The molecule has 3 aromatic rings. The van der Waals surface area contributed by atoms with Crippen LogP contribution in [0.2, 0.25) is 0 Å². The monoisotopic (exact) mass is 335 g/mol. The molecule has 112 valence electrons. The first-order valence-corrected chi connectivity index (χ1v) is 7.48. The zero-order valence-electron chi connectivity index (χ0n) is 11.6. The summed E-state index contributed by atoms with van der Waals surface area (Å²) in [4.78, 5) is 8.34. The van der Waals surface area contributed by atoms with E-state index in [4.69, 9.17) is 27.7 Å². The molecule has 0 saturated heterocycles. The van der Waals surface area contributed by atoms with Gasteiger partial charge in [0, 0.05) is 5.56 Å². The smallest absolute Gasteiger partial charge is 0.257 e. The zero-order valence-corrected chi connectivity index (χ0v) is 13.1. The lowest BCUT2D eigenvalue weighted by Gasteiger charge is -2.05. The molecule has 22 heavy (non-hydrogen) atoms. The van der Waals surface area contributed by atoms with Gasteiger partial charge in [0.15, 0.2) is 5.82 Å². The van der Waals surface area contributed by atoms with E-state index in [-0.39, 0.29) is 5.92 Å². The molecule has 0 bridgehead atoms. The van der Waals surface area contributed by atoms with E-state index < -0.39 is 4.33 Å². The van der Waals surface area contributed by atoms with E-state index in [1.165, 1.54) is 6.33 Å². The number of halogens is 2. The number of hydrogen-bond acceptors (Lipinski definition) is 5. The molecule has 4 rings (SSSR count). The molecule has 0 spiro atoms. The summed E-state index contributed by atoms with van der Waals surface area (Å²) in [5.74, 6) is 0.959. The minimum atomic E-state index is -0.756. The molecular weight excluding hydrogens is 325 g/mol. The molecule has 2 heterocycles. The van der Waals surface area contributed by atoms with Gasteiger partial charge in [0.05, 0.1) is 11.6 Å². The van der Waals surface area contributed by atoms with Gasteiger partial charge in [0.25, 0.3) is 5.89 Å². The molecule has 0 N–H and O–H groups in total. The maximum absolute atomic E-state index is 6.03. The first-order chi connectivity index (χ1) is 10.5.